The molecule has 7 heteroatoms. The van der Waals surface area contributed by atoms with Crippen LogP contribution in [0.2, 0.25) is 0 Å². The van der Waals surface area contributed by atoms with Crippen molar-refractivity contribution in [2.24, 2.45) is 0 Å². The van der Waals surface area contributed by atoms with Crippen molar-refractivity contribution in [2.75, 3.05) is 26.2 Å². The number of nitrogens with zero attached hydrogens (tertiary/aromatic N) is 2. The number of amides is 1. The van der Waals surface area contributed by atoms with E-state index < -0.39 is 10.0 Å². The van der Waals surface area contributed by atoms with Crippen molar-refractivity contribution < 1.29 is 13.2 Å². The van der Waals surface area contributed by atoms with E-state index >= 15 is 0 Å². The Kier molecular flexibility index (Phi) is 6.83. The Morgan fingerprint density at radius 3 is 2.25 bits per heavy atom. The Morgan fingerprint density at radius 1 is 1.12 bits per heavy atom. The van der Waals surface area contributed by atoms with E-state index in [0.717, 1.165) is 38.8 Å². The average Bonchev–Trinajstić information content (AvgIpc) is 2.84. The molecule has 0 bridgehead atoms. The molecule has 0 radical (unpaired) electrons. The standard InChI is InChI=1S/C17H25BrN2O3S/c1-3-20(4-2)24(22,23)14-9-10-16(18)15(13-14)17(21)19-11-7-5-6-8-12-19/h9-10,13H,3-8,11-12H2,1-2H3. The van der Waals surface area contributed by atoms with E-state index in [1.807, 2.05) is 18.7 Å². The third-order valence-electron chi connectivity index (χ3n) is 4.40. The van der Waals surface area contributed by atoms with E-state index in [1.165, 1.54) is 10.4 Å². The summed E-state index contributed by atoms with van der Waals surface area (Å²) in [6, 6.07) is 4.71. The number of carbonyl (C=O) groups is 1. The molecule has 2 rings (SSSR count). The van der Waals surface area contributed by atoms with Gasteiger partial charge in [0.05, 0.1) is 10.5 Å². The van der Waals surface area contributed by atoms with E-state index in [2.05, 4.69) is 15.9 Å². The van der Waals surface area contributed by atoms with Crippen LogP contribution in [0, 0.1) is 0 Å². The normalized spacial score (nSPS) is 16.2. The number of hydrogen-bond donors (Lipinski definition) is 0. The van der Waals surface area contributed by atoms with Gasteiger partial charge in [0.2, 0.25) is 10.0 Å². The Hall–Kier alpha value is -0.920. The SMILES string of the molecule is CCN(CC)S(=O)(=O)c1ccc(Br)c(C(=O)N2CCCCCC2)c1. The van der Waals surface area contributed by atoms with Gasteiger partial charge in [0, 0.05) is 30.7 Å². The van der Waals surface area contributed by atoms with Gasteiger partial charge in [-0.05, 0) is 47.0 Å². The summed E-state index contributed by atoms with van der Waals surface area (Å²) in [5.41, 5.74) is 0.421. The highest BCUT2D eigenvalue weighted by Crippen LogP contribution is 2.25. The molecule has 0 saturated carbocycles. The van der Waals surface area contributed by atoms with Crippen molar-refractivity contribution in [1.82, 2.24) is 9.21 Å². The van der Waals surface area contributed by atoms with Crippen LogP contribution in [0.25, 0.3) is 0 Å². The quantitative estimate of drug-likeness (QED) is 0.737. The lowest BCUT2D eigenvalue weighted by Gasteiger charge is -2.22. The molecule has 1 aromatic carbocycles. The van der Waals surface area contributed by atoms with Crippen molar-refractivity contribution in [3.8, 4) is 0 Å². The monoisotopic (exact) mass is 416 g/mol. The Balaban J connectivity index is 2.36. The second-order valence-electron chi connectivity index (χ2n) is 5.94. The van der Waals surface area contributed by atoms with Crippen LogP contribution in [0.15, 0.2) is 27.6 Å². The zero-order valence-corrected chi connectivity index (χ0v) is 16.7. The van der Waals surface area contributed by atoms with Crippen molar-refractivity contribution in [3.63, 3.8) is 0 Å². The summed E-state index contributed by atoms with van der Waals surface area (Å²) in [6.45, 7) is 5.90. The molecule has 0 aliphatic carbocycles. The number of rotatable bonds is 5. The van der Waals surface area contributed by atoms with Crippen molar-refractivity contribution >= 4 is 31.9 Å². The Bertz CT molecular complexity index is 679. The summed E-state index contributed by atoms with van der Waals surface area (Å²) >= 11 is 3.40. The highest BCUT2D eigenvalue weighted by Gasteiger charge is 2.25. The number of halogens is 1. The third kappa shape index (κ3) is 4.18. The lowest BCUT2D eigenvalue weighted by Crippen LogP contribution is -2.33. The van der Waals surface area contributed by atoms with Crippen LogP contribution in [0.1, 0.15) is 49.9 Å². The molecule has 1 heterocycles. The van der Waals surface area contributed by atoms with Crippen LogP contribution in [0.5, 0.6) is 0 Å². The van der Waals surface area contributed by atoms with Crippen molar-refractivity contribution in [3.05, 3.63) is 28.2 Å². The van der Waals surface area contributed by atoms with Gasteiger partial charge in [-0.25, -0.2) is 8.42 Å². The fraction of sp³-hybridized carbons (Fsp3) is 0.588. The smallest absolute Gasteiger partial charge is 0.255 e. The fourth-order valence-corrected chi connectivity index (χ4v) is 4.89. The molecule has 0 atom stereocenters. The molecule has 134 valence electrons. The largest absolute Gasteiger partial charge is 0.339 e. The first kappa shape index (κ1) is 19.4. The number of benzene rings is 1. The first-order chi connectivity index (χ1) is 11.4. The minimum absolute atomic E-state index is 0.0969. The van der Waals surface area contributed by atoms with E-state index in [1.54, 1.807) is 12.1 Å². The number of carbonyl (C=O) groups excluding carboxylic acids is 1. The lowest BCUT2D eigenvalue weighted by atomic mass is 10.2. The van der Waals surface area contributed by atoms with E-state index in [4.69, 9.17) is 0 Å². The zero-order valence-electron chi connectivity index (χ0n) is 14.3. The maximum Gasteiger partial charge on any atom is 0.255 e. The van der Waals surface area contributed by atoms with Gasteiger partial charge in [-0.1, -0.05) is 26.7 Å². The highest BCUT2D eigenvalue weighted by atomic mass is 79.9. The molecule has 0 unspecified atom stereocenters. The van der Waals surface area contributed by atoms with E-state index in [0.29, 0.717) is 23.1 Å². The third-order valence-corrected chi connectivity index (χ3v) is 7.14. The Morgan fingerprint density at radius 2 is 1.71 bits per heavy atom. The predicted molar refractivity (Wildman–Crippen MR) is 98.6 cm³/mol. The summed E-state index contributed by atoms with van der Waals surface area (Å²) in [5.74, 6) is -0.0969. The van der Waals surface area contributed by atoms with E-state index in [-0.39, 0.29) is 10.8 Å². The molecule has 1 fully saturated rings. The van der Waals surface area contributed by atoms with Gasteiger partial charge < -0.3 is 4.90 Å². The minimum atomic E-state index is -3.57. The molecule has 1 saturated heterocycles. The second kappa shape index (κ2) is 8.45. The number of sulfonamides is 1. The van der Waals surface area contributed by atoms with Gasteiger partial charge in [-0.15, -0.1) is 0 Å². The van der Waals surface area contributed by atoms with Crippen LogP contribution in [0.3, 0.4) is 0 Å². The van der Waals surface area contributed by atoms with Crippen molar-refractivity contribution in [2.45, 2.75) is 44.4 Å². The summed E-state index contributed by atoms with van der Waals surface area (Å²) < 4.78 is 27.4. The molecular weight excluding hydrogens is 392 g/mol. The van der Waals surface area contributed by atoms with Gasteiger partial charge in [-0.2, -0.15) is 4.31 Å². The molecule has 1 amide bonds. The van der Waals surface area contributed by atoms with E-state index in [9.17, 15) is 13.2 Å². The fourth-order valence-electron chi connectivity index (χ4n) is 2.99. The number of likely N-dealkylation sites (tertiary alicyclic amines) is 1. The summed E-state index contributed by atoms with van der Waals surface area (Å²) in [7, 11) is -3.57. The van der Waals surface area contributed by atoms with Gasteiger partial charge in [0.15, 0.2) is 0 Å². The topological polar surface area (TPSA) is 57.7 Å². The molecule has 0 spiro atoms. The maximum absolute atomic E-state index is 12.8. The molecule has 24 heavy (non-hydrogen) atoms. The van der Waals surface area contributed by atoms with Gasteiger partial charge in [0.25, 0.3) is 5.91 Å². The van der Waals surface area contributed by atoms with Gasteiger partial charge >= 0.3 is 0 Å². The van der Waals surface area contributed by atoms with Crippen LogP contribution in [-0.2, 0) is 10.0 Å². The van der Waals surface area contributed by atoms with Gasteiger partial charge in [-0.3, -0.25) is 4.79 Å². The summed E-state index contributed by atoms with van der Waals surface area (Å²) in [4.78, 5) is 14.9. The predicted octanol–water partition coefficient (Wildman–Crippen LogP) is 3.50. The molecule has 1 aliphatic rings. The summed E-state index contributed by atoms with van der Waals surface area (Å²) in [6.07, 6.45) is 4.28. The zero-order chi connectivity index (χ0) is 17.7. The minimum Gasteiger partial charge on any atom is -0.339 e. The molecule has 1 aromatic rings. The molecular formula is C17H25BrN2O3S. The van der Waals surface area contributed by atoms with Crippen LogP contribution in [-0.4, -0.2) is 49.7 Å². The molecule has 1 aliphatic heterocycles. The first-order valence-electron chi connectivity index (χ1n) is 8.50. The second-order valence-corrected chi connectivity index (χ2v) is 8.73. The molecule has 0 aromatic heterocycles. The van der Waals surface area contributed by atoms with Crippen LogP contribution < -0.4 is 0 Å². The highest BCUT2D eigenvalue weighted by molar-refractivity contribution is 9.10. The van der Waals surface area contributed by atoms with Gasteiger partial charge in [0.1, 0.15) is 0 Å². The van der Waals surface area contributed by atoms with Crippen LogP contribution in [0.4, 0.5) is 0 Å². The average molecular weight is 417 g/mol. The molecule has 0 N–H and O–H groups in total. The summed E-state index contributed by atoms with van der Waals surface area (Å²) in [5, 5.41) is 0. The maximum atomic E-state index is 12.8. The molecule has 5 nitrogen and oxygen atoms in total. The number of hydrogen-bond acceptors (Lipinski definition) is 3. The lowest BCUT2D eigenvalue weighted by molar-refractivity contribution is 0.0760. The first-order valence-corrected chi connectivity index (χ1v) is 10.7. The Labute approximate surface area is 153 Å². The van der Waals surface area contributed by atoms with Crippen molar-refractivity contribution in [1.29, 1.82) is 0 Å². The van der Waals surface area contributed by atoms with Crippen LogP contribution >= 0.6 is 15.9 Å².